The van der Waals surface area contributed by atoms with Gasteiger partial charge in [0.2, 0.25) is 5.95 Å². The number of hydrogen-bond donors (Lipinski definition) is 3. The van der Waals surface area contributed by atoms with Crippen LogP contribution < -0.4 is 16.0 Å². The minimum atomic E-state index is -0.658. The van der Waals surface area contributed by atoms with Crippen LogP contribution in [0.3, 0.4) is 0 Å². The molecule has 1 amide bonds. The molecule has 1 aliphatic heterocycles. The van der Waals surface area contributed by atoms with Crippen molar-refractivity contribution in [2.24, 2.45) is 0 Å². The molecule has 11 heteroatoms. The number of nitrogens with zero attached hydrogens (tertiary/aromatic N) is 5. The second-order valence-corrected chi connectivity index (χ2v) is 9.86. The highest BCUT2D eigenvalue weighted by Gasteiger charge is 2.28. The molecular formula is C25H31FN8O2. The first kappa shape index (κ1) is 23.1. The zero-order valence-electron chi connectivity index (χ0n) is 20.1. The lowest BCUT2D eigenvalue weighted by Crippen LogP contribution is -2.46. The number of carbonyl (C=O) groups excluding carboxylic acids is 1. The first-order valence-electron chi connectivity index (χ1n) is 12.8. The van der Waals surface area contributed by atoms with Crippen molar-refractivity contribution < 1.29 is 13.9 Å². The van der Waals surface area contributed by atoms with Crippen LogP contribution in [-0.4, -0.2) is 74.8 Å². The molecule has 0 bridgehead atoms. The van der Waals surface area contributed by atoms with Crippen molar-refractivity contribution >= 4 is 28.7 Å². The van der Waals surface area contributed by atoms with Crippen molar-refractivity contribution in [1.29, 1.82) is 0 Å². The number of halogens is 1. The number of amides is 1. The number of imidazole rings is 1. The van der Waals surface area contributed by atoms with Gasteiger partial charge in [-0.3, -0.25) is 9.69 Å². The second kappa shape index (κ2) is 9.98. The molecule has 3 fully saturated rings. The predicted octanol–water partition coefficient (Wildman–Crippen LogP) is 3.15. The normalized spacial score (nSPS) is 22.9. The number of aromatic nitrogens is 4. The third-order valence-electron chi connectivity index (χ3n) is 7.23. The Morgan fingerprint density at radius 2 is 1.75 bits per heavy atom. The van der Waals surface area contributed by atoms with Gasteiger partial charge >= 0.3 is 0 Å². The van der Waals surface area contributed by atoms with Crippen LogP contribution in [0.15, 0.2) is 30.6 Å². The highest BCUT2D eigenvalue weighted by Crippen LogP contribution is 2.30. The average molecular weight is 495 g/mol. The highest BCUT2D eigenvalue weighted by atomic mass is 19.1. The number of hydrogen-bond acceptors (Lipinski definition) is 8. The second-order valence-electron chi connectivity index (χ2n) is 9.86. The smallest absolute Gasteiger partial charge is 0.276 e. The van der Waals surface area contributed by atoms with E-state index in [2.05, 4.69) is 30.8 Å². The van der Waals surface area contributed by atoms with Gasteiger partial charge in [-0.25, -0.2) is 14.5 Å². The Labute approximate surface area is 208 Å². The molecule has 4 heterocycles. The Balaban J connectivity index is 1.20. The number of carbonyl (C=O) groups is 1. The van der Waals surface area contributed by atoms with Gasteiger partial charge in [-0.15, -0.1) is 5.10 Å². The first-order valence-corrected chi connectivity index (χ1v) is 12.8. The summed E-state index contributed by atoms with van der Waals surface area (Å²) in [7, 11) is 0. The van der Waals surface area contributed by atoms with Crippen LogP contribution in [-0.2, 0) is 4.74 Å². The van der Waals surface area contributed by atoms with Crippen LogP contribution in [0.4, 0.5) is 21.6 Å². The van der Waals surface area contributed by atoms with Crippen molar-refractivity contribution in [2.45, 2.75) is 56.7 Å². The SMILES string of the molecule is O=C(Nc1ccnc(F)c1)c1cnc2c(NC3CC3)cc(NC3CCC(N4CCOCC4)CC3)nn12. The molecular weight excluding hydrogens is 463 g/mol. The van der Waals surface area contributed by atoms with Gasteiger partial charge in [-0.2, -0.15) is 4.39 Å². The fourth-order valence-corrected chi connectivity index (χ4v) is 5.16. The van der Waals surface area contributed by atoms with E-state index >= 15 is 0 Å². The molecule has 10 nitrogen and oxygen atoms in total. The van der Waals surface area contributed by atoms with E-state index in [0.29, 0.717) is 35.3 Å². The Kier molecular flexibility index (Phi) is 6.41. The Morgan fingerprint density at radius 1 is 1.00 bits per heavy atom. The number of anilines is 3. The molecule has 0 radical (unpaired) electrons. The summed E-state index contributed by atoms with van der Waals surface area (Å²) in [4.78, 5) is 23.6. The monoisotopic (exact) mass is 494 g/mol. The molecule has 0 spiro atoms. The maximum absolute atomic E-state index is 13.5. The summed E-state index contributed by atoms with van der Waals surface area (Å²) in [5, 5.41) is 14.6. The van der Waals surface area contributed by atoms with Crippen molar-refractivity contribution in [3.05, 3.63) is 42.2 Å². The van der Waals surface area contributed by atoms with E-state index in [0.717, 1.165) is 70.5 Å². The van der Waals surface area contributed by atoms with Crippen LogP contribution in [0.5, 0.6) is 0 Å². The molecule has 3 aromatic rings. The van der Waals surface area contributed by atoms with E-state index in [1.165, 1.54) is 24.5 Å². The average Bonchev–Trinajstić information content (AvgIpc) is 3.60. The standard InChI is InChI=1S/C25H31FN8O2/c26-22-13-18(7-8-27-22)31-25(35)21-15-28-24-20(29-16-1-2-16)14-23(32-34(21)24)30-17-3-5-19(6-4-17)33-9-11-36-12-10-33/h7-8,13-17,19,29H,1-6,9-12H2,(H,30,32)(H,27,31,35). The van der Waals surface area contributed by atoms with Crippen LogP contribution in [0.25, 0.3) is 5.65 Å². The maximum Gasteiger partial charge on any atom is 0.276 e. The number of morpholine rings is 1. The molecule has 0 unspecified atom stereocenters. The predicted molar refractivity (Wildman–Crippen MR) is 134 cm³/mol. The largest absolute Gasteiger partial charge is 0.379 e. The number of ether oxygens (including phenoxy) is 1. The fourth-order valence-electron chi connectivity index (χ4n) is 5.16. The van der Waals surface area contributed by atoms with Crippen LogP contribution in [0, 0.1) is 5.95 Å². The lowest BCUT2D eigenvalue weighted by molar-refractivity contribution is 0.00790. The topological polar surface area (TPSA) is 109 Å². The van der Waals surface area contributed by atoms with E-state index in [1.54, 1.807) is 4.52 Å². The molecule has 1 saturated heterocycles. The van der Waals surface area contributed by atoms with Gasteiger partial charge in [-0.05, 0) is 44.6 Å². The fraction of sp³-hybridized carbons (Fsp3) is 0.520. The van der Waals surface area contributed by atoms with Gasteiger partial charge in [0.1, 0.15) is 5.82 Å². The minimum absolute atomic E-state index is 0.278. The molecule has 3 aliphatic rings. The highest BCUT2D eigenvalue weighted by molar-refractivity contribution is 6.03. The Bertz CT molecular complexity index is 1230. The first-order chi connectivity index (χ1) is 17.6. The van der Waals surface area contributed by atoms with E-state index in [1.807, 2.05) is 6.07 Å². The van der Waals surface area contributed by atoms with Gasteiger partial charge < -0.3 is 20.7 Å². The summed E-state index contributed by atoms with van der Waals surface area (Å²) in [6, 6.07) is 6.07. The summed E-state index contributed by atoms with van der Waals surface area (Å²) < 4.78 is 20.6. The zero-order valence-corrected chi connectivity index (χ0v) is 20.1. The van der Waals surface area contributed by atoms with Crippen molar-refractivity contribution in [2.75, 3.05) is 42.3 Å². The van der Waals surface area contributed by atoms with Gasteiger partial charge in [-0.1, -0.05) is 0 Å². The zero-order chi connectivity index (χ0) is 24.5. The van der Waals surface area contributed by atoms with Gasteiger partial charge in [0.05, 0.1) is 25.1 Å². The molecule has 2 aliphatic carbocycles. The molecule has 190 valence electrons. The summed E-state index contributed by atoms with van der Waals surface area (Å²) in [5.74, 6) is -0.363. The van der Waals surface area contributed by atoms with Crippen LogP contribution in [0.1, 0.15) is 49.0 Å². The van der Waals surface area contributed by atoms with Gasteiger partial charge in [0.15, 0.2) is 11.3 Å². The molecule has 36 heavy (non-hydrogen) atoms. The summed E-state index contributed by atoms with van der Waals surface area (Å²) in [6.45, 7) is 3.70. The number of fused-ring (bicyclic) bond motifs is 1. The molecule has 3 aromatic heterocycles. The lowest BCUT2D eigenvalue weighted by Gasteiger charge is -2.39. The van der Waals surface area contributed by atoms with Crippen molar-refractivity contribution in [1.82, 2.24) is 24.5 Å². The molecule has 0 aromatic carbocycles. The molecule has 6 rings (SSSR count). The van der Waals surface area contributed by atoms with Crippen molar-refractivity contribution in [3.8, 4) is 0 Å². The van der Waals surface area contributed by atoms with Gasteiger partial charge in [0, 0.05) is 55.2 Å². The van der Waals surface area contributed by atoms with Crippen molar-refractivity contribution in [3.63, 3.8) is 0 Å². The van der Waals surface area contributed by atoms with E-state index in [4.69, 9.17) is 9.84 Å². The van der Waals surface area contributed by atoms with E-state index in [9.17, 15) is 9.18 Å². The quantitative estimate of drug-likeness (QED) is 0.430. The summed E-state index contributed by atoms with van der Waals surface area (Å²) in [6.07, 6.45) is 9.48. The lowest BCUT2D eigenvalue weighted by atomic mass is 9.90. The summed E-state index contributed by atoms with van der Waals surface area (Å²) in [5.41, 5.74) is 2.05. The van der Waals surface area contributed by atoms with Gasteiger partial charge in [0.25, 0.3) is 5.91 Å². The molecule has 2 saturated carbocycles. The van der Waals surface area contributed by atoms with Crippen LogP contribution in [0.2, 0.25) is 0 Å². The third kappa shape index (κ3) is 5.12. The third-order valence-corrected chi connectivity index (χ3v) is 7.23. The van der Waals surface area contributed by atoms with Crippen LogP contribution >= 0.6 is 0 Å². The Morgan fingerprint density at radius 3 is 2.50 bits per heavy atom. The van der Waals surface area contributed by atoms with E-state index in [-0.39, 0.29) is 5.69 Å². The summed E-state index contributed by atoms with van der Waals surface area (Å²) >= 11 is 0. The Hall–Kier alpha value is -3.31. The number of pyridine rings is 1. The number of rotatable bonds is 7. The minimum Gasteiger partial charge on any atom is -0.379 e. The molecule has 0 atom stereocenters. The maximum atomic E-state index is 13.5. The number of nitrogens with one attached hydrogen (secondary N) is 3. The molecule has 3 N–H and O–H groups in total. The van der Waals surface area contributed by atoms with E-state index < -0.39 is 11.9 Å².